The van der Waals surface area contributed by atoms with Crippen molar-refractivity contribution in [3.05, 3.63) is 46.4 Å². The molecule has 0 unspecified atom stereocenters. The van der Waals surface area contributed by atoms with E-state index in [4.69, 9.17) is 44.9 Å². The average molecular weight is 357 g/mol. The van der Waals surface area contributed by atoms with Crippen LogP contribution >= 0.6 is 35.4 Å². The minimum absolute atomic E-state index is 0.422. The highest BCUT2D eigenvalue weighted by molar-refractivity contribution is 7.80. The first-order valence-corrected chi connectivity index (χ1v) is 7.45. The lowest BCUT2D eigenvalue weighted by atomic mass is 10.2. The maximum Gasteiger partial charge on any atom is 0.175 e. The summed E-state index contributed by atoms with van der Waals surface area (Å²) >= 11 is 17.1. The Morgan fingerprint density at radius 1 is 0.864 bits per heavy atom. The average Bonchev–Trinajstić information content (AvgIpc) is 2.50. The molecule has 2 aromatic rings. The monoisotopic (exact) mass is 356 g/mol. The van der Waals surface area contributed by atoms with E-state index in [9.17, 15) is 0 Å². The first-order chi connectivity index (χ1) is 10.5. The SMILES string of the molecule is COc1ccc(NC(=S)Nc2ccc(Cl)c(Cl)c2)cc1OC. The molecule has 0 heterocycles. The molecule has 0 aliphatic heterocycles. The van der Waals surface area contributed by atoms with Crippen LogP contribution in [0.5, 0.6) is 11.5 Å². The summed E-state index contributed by atoms with van der Waals surface area (Å²) in [5.74, 6) is 1.27. The van der Waals surface area contributed by atoms with Gasteiger partial charge in [-0.1, -0.05) is 23.2 Å². The third-order valence-electron chi connectivity index (χ3n) is 2.82. The van der Waals surface area contributed by atoms with Gasteiger partial charge >= 0.3 is 0 Å². The Kier molecular flexibility index (Phi) is 5.71. The Hall–Kier alpha value is -1.69. The molecule has 0 saturated carbocycles. The van der Waals surface area contributed by atoms with Gasteiger partial charge in [-0.05, 0) is 42.5 Å². The molecule has 2 N–H and O–H groups in total. The maximum atomic E-state index is 5.96. The second-order valence-electron chi connectivity index (χ2n) is 4.28. The maximum absolute atomic E-state index is 5.96. The van der Waals surface area contributed by atoms with Gasteiger partial charge in [0, 0.05) is 17.4 Å². The van der Waals surface area contributed by atoms with Gasteiger partial charge < -0.3 is 20.1 Å². The number of ether oxygens (including phenoxy) is 2. The zero-order chi connectivity index (χ0) is 16.1. The largest absolute Gasteiger partial charge is 0.493 e. The Labute approximate surface area is 144 Å². The van der Waals surface area contributed by atoms with E-state index < -0.39 is 0 Å². The second-order valence-corrected chi connectivity index (χ2v) is 5.50. The fourth-order valence-corrected chi connectivity index (χ4v) is 2.32. The summed E-state index contributed by atoms with van der Waals surface area (Å²) in [5, 5.41) is 7.46. The van der Waals surface area contributed by atoms with E-state index in [-0.39, 0.29) is 0 Å². The zero-order valence-corrected chi connectivity index (χ0v) is 14.3. The fraction of sp³-hybridized carbons (Fsp3) is 0.133. The molecule has 4 nitrogen and oxygen atoms in total. The molecule has 0 fully saturated rings. The minimum Gasteiger partial charge on any atom is -0.493 e. The van der Waals surface area contributed by atoms with Gasteiger partial charge in [0.1, 0.15) is 0 Å². The molecule has 22 heavy (non-hydrogen) atoms. The summed E-state index contributed by atoms with van der Waals surface area (Å²) in [6, 6.07) is 10.6. The Bertz CT molecular complexity index is 695. The fourth-order valence-electron chi connectivity index (χ4n) is 1.78. The van der Waals surface area contributed by atoms with E-state index in [2.05, 4.69) is 10.6 Å². The highest BCUT2D eigenvalue weighted by Gasteiger charge is 2.06. The lowest BCUT2D eigenvalue weighted by molar-refractivity contribution is 0.355. The molecular weight excluding hydrogens is 343 g/mol. The summed E-state index contributed by atoms with van der Waals surface area (Å²) in [6.07, 6.45) is 0. The van der Waals surface area contributed by atoms with Gasteiger partial charge in [0.05, 0.1) is 24.3 Å². The van der Waals surface area contributed by atoms with Crippen LogP contribution < -0.4 is 20.1 Å². The first kappa shape index (κ1) is 16.7. The summed E-state index contributed by atoms with van der Waals surface area (Å²) in [6.45, 7) is 0. The van der Waals surface area contributed by atoms with Crippen LogP contribution in [0.3, 0.4) is 0 Å². The Morgan fingerprint density at radius 2 is 1.45 bits per heavy atom. The number of anilines is 2. The second kappa shape index (κ2) is 7.54. The molecule has 0 atom stereocenters. The summed E-state index contributed by atoms with van der Waals surface area (Å²) < 4.78 is 10.4. The van der Waals surface area contributed by atoms with Crippen LogP contribution in [-0.2, 0) is 0 Å². The molecule has 0 radical (unpaired) electrons. The van der Waals surface area contributed by atoms with Gasteiger partial charge in [-0.25, -0.2) is 0 Å². The smallest absolute Gasteiger partial charge is 0.175 e. The number of thiocarbonyl (C=S) groups is 1. The number of nitrogens with one attached hydrogen (secondary N) is 2. The number of halogens is 2. The van der Waals surface area contributed by atoms with Crippen molar-refractivity contribution in [2.24, 2.45) is 0 Å². The van der Waals surface area contributed by atoms with Gasteiger partial charge in [-0.3, -0.25) is 0 Å². The number of rotatable bonds is 4. The van der Waals surface area contributed by atoms with Gasteiger partial charge in [-0.15, -0.1) is 0 Å². The van der Waals surface area contributed by atoms with Crippen LogP contribution in [0.4, 0.5) is 11.4 Å². The lowest BCUT2D eigenvalue weighted by Gasteiger charge is -2.13. The quantitative estimate of drug-likeness (QED) is 0.768. The normalized spacial score (nSPS) is 10.0. The van der Waals surface area contributed by atoms with Crippen LogP contribution in [-0.4, -0.2) is 19.3 Å². The van der Waals surface area contributed by atoms with Gasteiger partial charge in [0.25, 0.3) is 0 Å². The predicted octanol–water partition coefficient (Wildman–Crippen LogP) is 4.82. The molecular formula is C15H14Cl2N2O2S. The molecule has 0 aliphatic carbocycles. The molecule has 116 valence electrons. The van der Waals surface area contributed by atoms with Crippen molar-refractivity contribution >= 4 is 51.9 Å². The Balaban J connectivity index is 2.07. The van der Waals surface area contributed by atoms with E-state index >= 15 is 0 Å². The molecule has 2 aromatic carbocycles. The van der Waals surface area contributed by atoms with Crippen molar-refractivity contribution < 1.29 is 9.47 Å². The zero-order valence-electron chi connectivity index (χ0n) is 11.9. The first-order valence-electron chi connectivity index (χ1n) is 6.28. The Morgan fingerprint density at radius 3 is 2.05 bits per heavy atom. The molecule has 0 aromatic heterocycles. The van der Waals surface area contributed by atoms with E-state index in [1.165, 1.54) is 0 Å². The highest BCUT2D eigenvalue weighted by Crippen LogP contribution is 2.30. The topological polar surface area (TPSA) is 42.5 Å². The third kappa shape index (κ3) is 4.16. The minimum atomic E-state index is 0.422. The van der Waals surface area contributed by atoms with Crippen molar-refractivity contribution in [3.63, 3.8) is 0 Å². The van der Waals surface area contributed by atoms with E-state index in [1.54, 1.807) is 44.6 Å². The standard InChI is InChI=1S/C15H14Cl2N2O2S/c1-20-13-6-4-10(8-14(13)21-2)19-15(22)18-9-3-5-11(16)12(17)7-9/h3-8H,1-2H3,(H2,18,19,22). The summed E-state index contributed by atoms with van der Waals surface area (Å²) in [5.41, 5.74) is 1.52. The molecule has 0 bridgehead atoms. The van der Waals surface area contributed by atoms with Gasteiger partial charge in [0.2, 0.25) is 0 Å². The molecule has 2 rings (SSSR count). The molecule has 0 spiro atoms. The van der Waals surface area contributed by atoms with Crippen LogP contribution in [0.15, 0.2) is 36.4 Å². The highest BCUT2D eigenvalue weighted by atomic mass is 35.5. The lowest BCUT2D eigenvalue weighted by Crippen LogP contribution is -2.19. The van der Waals surface area contributed by atoms with Crippen molar-refractivity contribution in [3.8, 4) is 11.5 Å². The van der Waals surface area contributed by atoms with Crippen molar-refractivity contribution in [2.45, 2.75) is 0 Å². The van der Waals surface area contributed by atoms with Gasteiger partial charge in [-0.2, -0.15) is 0 Å². The van der Waals surface area contributed by atoms with E-state index in [0.29, 0.717) is 26.7 Å². The number of benzene rings is 2. The number of hydrogen-bond donors (Lipinski definition) is 2. The number of methoxy groups -OCH3 is 2. The summed E-state index contributed by atoms with van der Waals surface area (Å²) in [4.78, 5) is 0. The summed E-state index contributed by atoms with van der Waals surface area (Å²) in [7, 11) is 3.16. The van der Waals surface area contributed by atoms with Crippen LogP contribution in [0, 0.1) is 0 Å². The van der Waals surface area contributed by atoms with Crippen molar-refractivity contribution in [1.82, 2.24) is 0 Å². The third-order valence-corrected chi connectivity index (χ3v) is 3.76. The van der Waals surface area contributed by atoms with Crippen LogP contribution in [0.25, 0.3) is 0 Å². The predicted molar refractivity (Wildman–Crippen MR) is 95.9 cm³/mol. The van der Waals surface area contributed by atoms with E-state index in [1.807, 2.05) is 6.07 Å². The van der Waals surface area contributed by atoms with Gasteiger partial charge in [0.15, 0.2) is 16.6 Å². The molecule has 0 aliphatic rings. The van der Waals surface area contributed by atoms with Crippen molar-refractivity contribution in [2.75, 3.05) is 24.9 Å². The van der Waals surface area contributed by atoms with Crippen LogP contribution in [0.1, 0.15) is 0 Å². The van der Waals surface area contributed by atoms with Crippen LogP contribution in [0.2, 0.25) is 10.0 Å². The molecule has 0 amide bonds. The molecule has 7 heteroatoms. The van der Waals surface area contributed by atoms with E-state index in [0.717, 1.165) is 11.4 Å². The van der Waals surface area contributed by atoms with Crippen molar-refractivity contribution in [1.29, 1.82) is 0 Å². The number of hydrogen-bond acceptors (Lipinski definition) is 3. The molecule has 0 saturated heterocycles.